The molecule has 192 valence electrons. The van der Waals surface area contributed by atoms with Gasteiger partial charge in [-0.3, -0.25) is 19.9 Å². The highest BCUT2D eigenvalue weighted by Crippen LogP contribution is 2.32. The molecule has 2 amide bonds. The van der Waals surface area contributed by atoms with Crippen LogP contribution in [0.5, 0.6) is 0 Å². The van der Waals surface area contributed by atoms with Crippen LogP contribution in [0.4, 0.5) is 11.4 Å². The van der Waals surface area contributed by atoms with Crippen molar-refractivity contribution in [2.45, 2.75) is 45.4 Å². The lowest BCUT2D eigenvalue weighted by Crippen LogP contribution is -2.38. The van der Waals surface area contributed by atoms with Crippen molar-refractivity contribution < 1.29 is 14.3 Å². The lowest BCUT2D eigenvalue weighted by Gasteiger charge is -2.24. The zero-order chi connectivity index (χ0) is 25.5. The molecule has 0 saturated carbocycles. The van der Waals surface area contributed by atoms with Crippen molar-refractivity contribution in [3.8, 4) is 0 Å². The second-order valence-corrected chi connectivity index (χ2v) is 10.4. The fraction of sp³-hybridized carbons (Fsp3) is 0.464. The molecule has 0 aliphatic carbocycles. The third-order valence-corrected chi connectivity index (χ3v) is 6.58. The molecule has 0 aromatic heterocycles. The van der Waals surface area contributed by atoms with Gasteiger partial charge in [0.2, 0.25) is 0 Å². The molecule has 0 radical (unpaired) electrons. The van der Waals surface area contributed by atoms with Crippen LogP contribution in [-0.4, -0.2) is 50.6 Å². The number of hydrogen-bond acceptors (Lipinski definition) is 6. The Morgan fingerprint density at radius 1 is 1.06 bits per heavy atom. The molecule has 4 rings (SSSR count). The fourth-order valence-electron chi connectivity index (χ4n) is 4.50. The first-order valence-electron chi connectivity index (χ1n) is 12.8. The molecule has 2 aromatic carbocycles. The van der Waals surface area contributed by atoms with E-state index in [4.69, 9.17) is 4.74 Å². The average molecular weight is 492 g/mol. The second kappa shape index (κ2) is 11.6. The van der Waals surface area contributed by atoms with Crippen LogP contribution in [0.2, 0.25) is 0 Å². The Hall–Kier alpha value is -3.39. The van der Waals surface area contributed by atoms with Crippen molar-refractivity contribution in [2.75, 3.05) is 38.2 Å². The monoisotopic (exact) mass is 491 g/mol. The summed E-state index contributed by atoms with van der Waals surface area (Å²) < 4.78 is 5.41. The Bertz CT molecular complexity index is 1120. The summed E-state index contributed by atoms with van der Waals surface area (Å²) in [5, 5.41) is 12.4. The number of carbonyl (C=O) groups excluding carboxylic acids is 2. The van der Waals surface area contributed by atoms with Gasteiger partial charge < -0.3 is 20.7 Å². The van der Waals surface area contributed by atoms with Crippen molar-refractivity contribution in [1.82, 2.24) is 16.0 Å². The Morgan fingerprint density at radius 3 is 2.56 bits per heavy atom. The molecule has 8 heteroatoms. The molecule has 0 spiro atoms. The van der Waals surface area contributed by atoms with Crippen molar-refractivity contribution in [3.05, 3.63) is 59.2 Å². The van der Waals surface area contributed by atoms with E-state index in [1.165, 1.54) is 0 Å². The van der Waals surface area contributed by atoms with Crippen molar-refractivity contribution >= 4 is 29.1 Å². The van der Waals surface area contributed by atoms with Gasteiger partial charge in [0.1, 0.15) is 0 Å². The van der Waals surface area contributed by atoms with E-state index in [9.17, 15) is 9.59 Å². The van der Waals surface area contributed by atoms with Gasteiger partial charge in [0.05, 0.1) is 6.54 Å². The maximum Gasteiger partial charge on any atom is 0.257 e. The summed E-state index contributed by atoms with van der Waals surface area (Å²) in [4.78, 5) is 29.7. The van der Waals surface area contributed by atoms with Gasteiger partial charge >= 0.3 is 0 Å². The zero-order valence-corrected chi connectivity index (χ0v) is 21.4. The molecule has 8 nitrogen and oxygen atoms in total. The Morgan fingerprint density at radius 2 is 1.83 bits per heavy atom. The summed E-state index contributed by atoms with van der Waals surface area (Å²) in [6, 6.07) is 13.1. The molecule has 4 N–H and O–H groups in total. The van der Waals surface area contributed by atoms with Gasteiger partial charge in [0.25, 0.3) is 11.8 Å². The van der Waals surface area contributed by atoms with E-state index < -0.39 is 0 Å². The summed E-state index contributed by atoms with van der Waals surface area (Å²) in [5.41, 5.74) is 3.69. The number of aliphatic imine (C=N–C) groups is 1. The number of carbonyl (C=O) groups is 2. The number of guanidine groups is 1. The molecule has 2 aliphatic heterocycles. The highest BCUT2D eigenvalue weighted by atomic mass is 16.5. The highest BCUT2D eigenvalue weighted by Gasteiger charge is 2.21. The van der Waals surface area contributed by atoms with E-state index in [1.807, 2.05) is 36.4 Å². The van der Waals surface area contributed by atoms with E-state index in [1.54, 1.807) is 6.07 Å². The summed E-state index contributed by atoms with van der Waals surface area (Å²) >= 11 is 0. The molecule has 1 fully saturated rings. The molecule has 2 aliphatic rings. The first-order chi connectivity index (χ1) is 17.3. The van der Waals surface area contributed by atoms with Crippen LogP contribution in [0, 0.1) is 5.92 Å². The molecule has 1 saturated heterocycles. The van der Waals surface area contributed by atoms with E-state index in [2.05, 4.69) is 47.0 Å². The standard InChI is InChI=1S/C28H37N5O3/c1-28(2,3)23-18-21(26(35)33-27-30-13-14-31-27)7-8-24(23)32-22-6-4-5-20(17-22)25(34)29-12-9-19-10-15-36-16-11-19/h4-8,17-19,32H,9-16H2,1-3H3,(H,29,34)(H2,30,31,33,35). The molecular formula is C28H37N5O3. The van der Waals surface area contributed by atoms with Crippen LogP contribution in [0.15, 0.2) is 47.5 Å². The third-order valence-electron chi connectivity index (χ3n) is 6.58. The number of anilines is 2. The minimum atomic E-state index is -0.207. The van der Waals surface area contributed by atoms with Gasteiger partial charge in [-0.25, -0.2) is 0 Å². The minimum absolute atomic E-state index is 0.0720. The second-order valence-electron chi connectivity index (χ2n) is 10.4. The van der Waals surface area contributed by atoms with Crippen molar-refractivity contribution in [1.29, 1.82) is 0 Å². The minimum Gasteiger partial charge on any atom is -0.381 e. The normalized spacial score (nSPS) is 16.1. The quantitative estimate of drug-likeness (QED) is 0.469. The van der Waals surface area contributed by atoms with Crippen LogP contribution < -0.4 is 21.3 Å². The molecule has 0 atom stereocenters. The number of nitrogens with zero attached hydrogens (tertiary/aromatic N) is 1. The fourth-order valence-corrected chi connectivity index (χ4v) is 4.50. The van der Waals surface area contributed by atoms with E-state index >= 15 is 0 Å². The Labute approximate surface area is 213 Å². The number of rotatable bonds is 7. The van der Waals surface area contributed by atoms with Gasteiger partial charge in [-0.1, -0.05) is 26.8 Å². The van der Waals surface area contributed by atoms with Crippen LogP contribution >= 0.6 is 0 Å². The van der Waals surface area contributed by atoms with Gasteiger partial charge in [-0.15, -0.1) is 0 Å². The zero-order valence-electron chi connectivity index (χ0n) is 21.4. The van der Waals surface area contributed by atoms with Crippen LogP contribution in [0.3, 0.4) is 0 Å². The maximum atomic E-state index is 12.8. The average Bonchev–Trinajstić information content (AvgIpc) is 3.37. The predicted molar refractivity (Wildman–Crippen MR) is 143 cm³/mol. The first-order valence-corrected chi connectivity index (χ1v) is 12.8. The lowest BCUT2D eigenvalue weighted by molar-refractivity contribution is 0.0636. The highest BCUT2D eigenvalue weighted by molar-refractivity contribution is 6.06. The van der Waals surface area contributed by atoms with E-state index in [0.717, 1.165) is 56.0 Å². The summed E-state index contributed by atoms with van der Waals surface area (Å²) in [7, 11) is 0. The molecule has 36 heavy (non-hydrogen) atoms. The van der Waals surface area contributed by atoms with E-state index in [-0.39, 0.29) is 17.2 Å². The lowest BCUT2D eigenvalue weighted by atomic mass is 9.84. The molecule has 0 bridgehead atoms. The predicted octanol–water partition coefficient (Wildman–Crippen LogP) is 3.96. The van der Waals surface area contributed by atoms with Gasteiger partial charge in [0.15, 0.2) is 5.96 Å². The summed E-state index contributed by atoms with van der Waals surface area (Å²) in [5.74, 6) is 0.870. The first kappa shape index (κ1) is 25.7. The number of hydrogen-bond donors (Lipinski definition) is 4. The van der Waals surface area contributed by atoms with E-state index in [0.29, 0.717) is 36.1 Å². The van der Waals surface area contributed by atoms with Crippen LogP contribution in [0.25, 0.3) is 0 Å². The Balaban J connectivity index is 1.43. The van der Waals surface area contributed by atoms with Crippen LogP contribution in [0.1, 0.15) is 66.3 Å². The maximum absolute atomic E-state index is 12.8. The third kappa shape index (κ3) is 6.85. The summed E-state index contributed by atoms with van der Waals surface area (Å²) in [6.07, 6.45) is 3.11. The van der Waals surface area contributed by atoms with Crippen molar-refractivity contribution in [3.63, 3.8) is 0 Å². The Kier molecular flexibility index (Phi) is 8.25. The van der Waals surface area contributed by atoms with Crippen molar-refractivity contribution in [2.24, 2.45) is 10.9 Å². The molecule has 2 heterocycles. The molecule has 2 aromatic rings. The van der Waals surface area contributed by atoms with Crippen LogP contribution in [-0.2, 0) is 10.2 Å². The molecule has 0 unspecified atom stereocenters. The van der Waals surface area contributed by atoms with Gasteiger partial charge in [-0.05, 0) is 72.6 Å². The molecular weight excluding hydrogens is 454 g/mol. The largest absolute Gasteiger partial charge is 0.381 e. The summed E-state index contributed by atoms with van der Waals surface area (Å²) in [6.45, 7) is 10.0. The smallest absolute Gasteiger partial charge is 0.257 e. The topological polar surface area (TPSA) is 104 Å². The van der Waals surface area contributed by atoms with Gasteiger partial charge in [-0.2, -0.15) is 0 Å². The van der Waals surface area contributed by atoms with Gasteiger partial charge in [0, 0.05) is 48.8 Å². The number of benzene rings is 2. The SMILES string of the molecule is CC(C)(C)c1cc(C(=O)NC2=NCCN2)ccc1Nc1cccc(C(=O)NCCC2CCOCC2)c1. The number of amides is 2. The number of nitrogens with one attached hydrogen (secondary N) is 4. The number of ether oxygens (including phenoxy) is 1.